The number of benzene rings is 3. The number of rotatable bonds is 9. The van der Waals surface area contributed by atoms with E-state index in [0.717, 1.165) is 58.1 Å². The molecule has 0 aromatic heterocycles. The van der Waals surface area contributed by atoms with E-state index in [-0.39, 0.29) is 18.5 Å². The minimum absolute atomic E-state index is 0.120. The Kier molecular flexibility index (Phi) is 8.17. The first-order valence-electron chi connectivity index (χ1n) is 12.7. The highest BCUT2D eigenvalue weighted by Crippen LogP contribution is 2.29. The third-order valence-electron chi connectivity index (χ3n) is 7.06. The lowest BCUT2D eigenvalue weighted by Crippen LogP contribution is -2.52. The number of amides is 2. The highest BCUT2D eigenvalue weighted by molar-refractivity contribution is 7.92. The standard InChI is InChI=1S/C29H35N3O4S/c1-21-15-17-23(18-16-21)19-31(22(2)29(34)30-25-11-5-6-12-25)28(33)20-32(37(3,35)36)27-14-8-10-24-9-4-7-13-26(24)27/h4,7-10,13-18,22,25H,5-6,11-12,19-20H2,1-3H3,(H,30,34)/t22-/m1/s1. The van der Waals surface area contributed by atoms with Gasteiger partial charge in [-0.05, 0) is 43.7 Å². The van der Waals surface area contributed by atoms with Crippen LogP contribution in [-0.4, -0.2) is 50.0 Å². The monoisotopic (exact) mass is 521 g/mol. The lowest BCUT2D eigenvalue weighted by Gasteiger charge is -2.32. The number of nitrogens with one attached hydrogen (secondary N) is 1. The minimum Gasteiger partial charge on any atom is -0.352 e. The maximum Gasteiger partial charge on any atom is 0.244 e. The van der Waals surface area contributed by atoms with Crippen LogP contribution >= 0.6 is 0 Å². The van der Waals surface area contributed by atoms with E-state index in [1.807, 2.05) is 61.5 Å². The number of carbonyl (C=O) groups is 2. The van der Waals surface area contributed by atoms with Crippen molar-refractivity contribution in [2.45, 2.75) is 58.2 Å². The molecule has 1 N–H and O–H groups in total. The van der Waals surface area contributed by atoms with Gasteiger partial charge >= 0.3 is 0 Å². The second-order valence-electron chi connectivity index (χ2n) is 9.94. The minimum atomic E-state index is -3.80. The van der Waals surface area contributed by atoms with Gasteiger partial charge in [0.2, 0.25) is 21.8 Å². The highest BCUT2D eigenvalue weighted by Gasteiger charge is 2.31. The quantitative estimate of drug-likeness (QED) is 0.453. The number of hydrogen-bond acceptors (Lipinski definition) is 4. The van der Waals surface area contributed by atoms with Gasteiger partial charge in [0, 0.05) is 18.0 Å². The summed E-state index contributed by atoms with van der Waals surface area (Å²) < 4.78 is 27.0. The second-order valence-corrected chi connectivity index (χ2v) is 11.8. The van der Waals surface area contributed by atoms with Crippen molar-refractivity contribution in [1.82, 2.24) is 10.2 Å². The third kappa shape index (κ3) is 6.49. The van der Waals surface area contributed by atoms with Gasteiger partial charge in [-0.2, -0.15) is 0 Å². The van der Waals surface area contributed by atoms with Crippen molar-refractivity contribution in [1.29, 1.82) is 0 Å². The van der Waals surface area contributed by atoms with Crippen molar-refractivity contribution in [2.24, 2.45) is 0 Å². The Balaban J connectivity index is 1.65. The van der Waals surface area contributed by atoms with Gasteiger partial charge in [0.1, 0.15) is 12.6 Å². The summed E-state index contributed by atoms with van der Waals surface area (Å²) in [6, 6.07) is 20.0. The molecule has 1 saturated carbocycles. The van der Waals surface area contributed by atoms with Crippen molar-refractivity contribution in [3.8, 4) is 0 Å². The molecule has 0 spiro atoms. The van der Waals surface area contributed by atoms with E-state index in [1.165, 1.54) is 4.90 Å². The van der Waals surface area contributed by atoms with Gasteiger partial charge in [0.25, 0.3) is 0 Å². The van der Waals surface area contributed by atoms with Crippen LogP contribution in [0, 0.1) is 6.92 Å². The van der Waals surface area contributed by atoms with E-state index in [2.05, 4.69) is 5.32 Å². The molecule has 1 aliphatic carbocycles. The number of carbonyl (C=O) groups excluding carboxylic acids is 2. The number of hydrogen-bond donors (Lipinski definition) is 1. The van der Waals surface area contributed by atoms with Crippen LogP contribution in [0.25, 0.3) is 10.8 Å². The predicted octanol–water partition coefficient (Wildman–Crippen LogP) is 4.39. The smallest absolute Gasteiger partial charge is 0.244 e. The van der Waals surface area contributed by atoms with Crippen LogP contribution in [0.4, 0.5) is 5.69 Å². The molecular formula is C29H35N3O4S. The highest BCUT2D eigenvalue weighted by atomic mass is 32.2. The van der Waals surface area contributed by atoms with Crippen LogP contribution < -0.4 is 9.62 Å². The van der Waals surface area contributed by atoms with Crippen LogP contribution in [0.15, 0.2) is 66.7 Å². The van der Waals surface area contributed by atoms with E-state index in [1.54, 1.807) is 19.1 Å². The van der Waals surface area contributed by atoms with E-state index < -0.39 is 28.5 Å². The molecular weight excluding hydrogens is 486 g/mol. The molecule has 1 aliphatic rings. The lowest BCUT2D eigenvalue weighted by atomic mass is 10.1. The fourth-order valence-electron chi connectivity index (χ4n) is 4.89. The fourth-order valence-corrected chi connectivity index (χ4v) is 5.75. The molecule has 0 aliphatic heterocycles. The van der Waals surface area contributed by atoms with Crippen LogP contribution in [0.2, 0.25) is 0 Å². The van der Waals surface area contributed by atoms with Gasteiger partial charge in [0.15, 0.2) is 0 Å². The Bertz CT molecular complexity index is 1360. The molecule has 4 rings (SSSR count). The second kappa shape index (κ2) is 11.3. The Labute approximate surface area is 219 Å². The summed E-state index contributed by atoms with van der Waals surface area (Å²) in [5, 5.41) is 4.70. The van der Waals surface area contributed by atoms with Crippen LogP contribution in [-0.2, 0) is 26.2 Å². The van der Waals surface area contributed by atoms with Gasteiger partial charge in [-0.25, -0.2) is 8.42 Å². The molecule has 1 fully saturated rings. The lowest BCUT2D eigenvalue weighted by molar-refractivity contribution is -0.139. The number of anilines is 1. The third-order valence-corrected chi connectivity index (χ3v) is 8.18. The molecule has 1 atom stereocenters. The molecule has 2 amide bonds. The molecule has 3 aromatic carbocycles. The zero-order valence-electron chi connectivity index (χ0n) is 21.7. The van der Waals surface area contributed by atoms with Crippen molar-refractivity contribution in [3.63, 3.8) is 0 Å². The Morgan fingerprint density at radius 1 is 0.973 bits per heavy atom. The SMILES string of the molecule is Cc1ccc(CN(C(=O)CN(c2cccc3ccccc23)S(C)(=O)=O)[C@H](C)C(=O)NC2CCCC2)cc1. The molecule has 0 unspecified atom stereocenters. The van der Waals surface area contributed by atoms with Crippen molar-refractivity contribution in [2.75, 3.05) is 17.1 Å². The number of sulfonamides is 1. The van der Waals surface area contributed by atoms with Crippen LogP contribution in [0.1, 0.15) is 43.7 Å². The molecule has 7 nitrogen and oxygen atoms in total. The summed E-state index contributed by atoms with van der Waals surface area (Å²) >= 11 is 0. The molecule has 0 bridgehead atoms. The maximum absolute atomic E-state index is 13.8. The van der Waals surface area contributed by atoms with Gasteiger partial charge in [0.05, 0.1) is 11.9 Å². The van der Waals surface area contributed by atoms with E-state index in [9.17, 15) is 18.0 Å². The normalized spacial score (nSPS) is 14.9. The maximum atomic E-state index is 13.8. The zero-order chi connectivity index (χ0) is 26.6. The van der Waals surface area contributed by atoms with Crippen LogP contribution in [0.5, 0.6) is 0 Å². The van der Waals surface area contributed by atoms with Crippen molar-refractivity contribution < 1.29 is 18.0 Å². The summed E-state index contributed by atoms with van der Waals surface area (Å²) in [6.45, 7) is 3.49. The summed E-state index contributed by atoms with van der Waals surface area (Å²) in [6.07, 6.45) is 5.14. The van der Waals surface area contributed by atoms with Crippen molar-refractivity contribution in [3.05, 3.63) is 77.9 Å². The largest absolute Gasteiger partial charge is 0.352 e. The first-order chi connectivity index (χ1) is 17.6. The van der Waals surface area contributed by atoms with E-state index in [0.29, 0.717) is 5.69 Å². The number of fused-ring (bicyclic) bond motifs is 1. The number of aryl methyl sites for hydroxylation is 1. The first kappa shape index (κ1) is 26.7. The topological polar surface area (TPSA) is 86.8 Å². The number of nitrogens with zero attached hydrogens (tertiary/aromatic N) is 2. The predicted molar refractivity (Wildman–Crippen MR) is 148 cm³/mol. The molecule has 0 saturated heterocycles. The average Bonchev–Trinajstić information content (AvgIpc) is 3.38. The summed E-state index contributed by atoms with van der Waals surface area (Å²) in [5.74, 6) is -0.656. The van der Waals surface area contributed by atoms with Crippen LogP contribution in [0.3, 0.4) is 0 Å². The van der Waals surface area contributed by atoms with E-state index in [4.69, 9.17) is 0 Å². The molecule has 3 aromatic rings. The average molecular weight is 522 g/mol. The van der Waals surface area contributed by atoms with E-state index >= 15 is 0 Å². The first-order valence-corrected chi connectivity index (χ1v) is 14.6. The van der Waals surface area contributed by atoms with Gasteiger partial charge in [-0.3, -0.25) is 13.9 Å². The molecule has 8 heteroatoms. The van der Waals surface area contributed by atoms with Gasteiger partial charge in [-0.1, -0.05) is 79.1 Å². The fraction of sp³-hybridized carbons (Fsp3) is 0.379. The summed E-state index contributed by atoms with van der Waals surface area (Å²) in [5.41, 5.74) is 2.40. The van der Waals surface area contributed by atoms with Gasteiger partial charge < -0.3 is 10.2 Å². The van der Waals surface area contributed by atoms with Gasteiger partial charge in [-0.15, -0.1) is 0 Å². The molecule has 0 heterocycles. The summed E-state index contributed by atoms with van der Waals surface area (Å²) in [7, 11) is -3.80. The van der Waals surface area contributed by atoms with Crippen molar-refractivity contribution >= 4 is 38.3 Å². The molecule has 196 valence electrons. The summed E-state index contributed by atoms with van der Waals surface area (Å²) in [4.78, 5) is 28.5. The Morgan fingerprint density at radius 2 is 1.62 bits per heavy atom. The Hall–Kier alpha value is -3.39. The molecule has 0 radical (unpaired) electrons. The zero-order valence-corrected chi connectivity index (χ0v) is 22.5. The molecule has 37 heavy (non-hydrogen) atoms. The Morgan fingerprint density at radius 3 is 2.30 bits per heavy atom.